The van der Waals surface area contributed by atoms with Gasteiger partial charge in [0, 0.05) is 10.8 Å². The van der Waals surface area contributed by atoms with Gasteiger partial charge in [0.25, 0.3) is 0 Å². The maximum absolute atomic E-state index is 4.92. The van der Waals surface area contributed by atoms with Crippen LogP contribution in [0.4, 0.5) is 34.1 Å². The van der Waals surface area contributed by atoms with E-state index in [1.54, 1.807) is 0 Å². The van der Waals surface area contributed by atoms with Crippen molar-refractivity contribution in [1.29, 1.82) is 0 Å². The number of fused-ring (bicyclic) bond motifs is 4. The fourth-order valence-electron chi connectivity index (χ4n) is 7.23. The lowest BCUT2D eigenvalue weighted by atomic mass is 9.73. The lowest BCUT2D eigenvalue weighted by Gasteiger charge is -2.41. The first-order valence-corrected chi connectivity index (χ1v) is 15.3. The van der Waals surface area contributed by atoms with Crippen molar-refractivity contribution in [3.8, 4) is 11.4 Å². The molecular weight excluding hydrogens is 536 g/mol. The Hall–Kier alpha value is -5.22. The van der Waals surface area contributed by atoms with Crippen molar-refractivity contribution in [2.45, 2.75) is 38.5 Å². The number of anilines is 6. The lowest BCUT2D eigenvalue weighted by molar-refractivity contribution is 0.631. The van der Waals surface area contributed by atoms with Crippen LogP contribution in [-0.2, 0) is 10.8 Å². The van der Waals surface area contributed by atoms with Crippen molar-refractivity contribution in [3.63, 3.8) is 0 Å². The van der Waals surface area contributed by atoms with Crippen LogP contribution in [0.5, 0.6) is 0 Å². The minimum Gasteiger partial charge on any atom is -0.308 e. The Morgan fingerprint density at radius 1 is 0.386 bits per heavy atom. The summed E-state index contributed by atoms with van der Waals surface area (Å²) in [5.74, 6) is 0. The molecule has 0 fully saturated rings. The predicted octanol–water partition coefficient (Wildman–Crippen LogP) is 10.4. The molecule has 4 heteroatoms. The molecule has 0 radical (unpaired) electrons. The highest BCUT2D eigenvalue weighted by Gasteiger charge is 2.37. The highest BCUT2D eigenvalue weighted by atomic mass is 15.2. The molecule has 0 atom stereocenters. The average molecular weight is 571 g/mol. The number of rotatable bonds is 3. The molecule has 0 saturated carbocycles. The van der Waals surface area contributed by atoms with E-state index in [0.717, 1.165) is 22.8 Å². The minimum absolute atomic E-state index is 0.0894. The highest BCUT2D eigenvalue weighted by Crippen LogP contribution is 2.53. The van der Waals surface area contributed by atoms with Crippen LogP contribution >= 0.6 is 0 Å². The smallest absolute Gasteiger partial charge is 0.0887 e. The highest BCUT2D eigenvalue weighted by molar-refractivity contribution is 5.87. The predicted molar refractivity (Wildman–Crippen MR) is 181 cm³/mol. The number of nitrogens with zero attached hydrogens (tertiary/aromatic N) is 4. The van der Waals surface area contributed by atoms with E-state index in [0.29, 0.717) is 0 Å². The number of hydrogen-bond donors (Lipinski definition) is 0. The van der Waals surface area contributed by atoms with Gasteiger partial charge in [0.15, 0.2) is 0 Å². The van der Waals surface area contributed by atoms with Crippen molar-refractivity contribution in [1.82, 2.24) is 9.97 Å². The Balaban J connectivity index is 1.15. The molecule has 0 spiro atoms. The quantitative estimate of drug-likeness (QED) is 0.212. The van der Waals surface area contributed by atoms with Crippen LogP contribution in [0.1, 0.15) is 49.9 Å². The Labute approximate surface area is 259 Å². The molecule has 0 N–H and O–H groups in total. The molecule has 0 unspecified atom stereocenters. The van der Waals surface area contributed by atoms with Gasteiger partial charge in [0.05, 0.1) is 57.9 Å². The van der Waals surface area contributed by atoms with Crippen LogP contribution in [0.25, 0.3) is 11.4 Å². The summed E-state index contributed by atoms with van der Waals surface area (Å²) in [5.41, 5.74) is 13.6. The monoisotopic (exact) mass is 570 g/mol. The maximum Gasteiger partial charge on any atom is 0.0887 e. The molecule has 44 heavy (non-hydrogen) atoms. The van der Waals surface area contributed by atoms with Crippen LogP contribution in [0, 0.1) is 0 Å². The molecule has 2 aromatic heterocycles. The molecule has 4 aromatic carbocycles. The van der Waals surface area contributed by atoms with Crippen molar-refractivity contribution in [2.24, 2.45) is 0 Å². The van der Waals surface area contributed by atoms with E-state index in [1.165, 1.54) is 45.0 Å². The Morgan fingerprint density at radius 3 is 0.955 bits per heavy atom. The Morgan fingerprint density at radius 2 is 0.682 bits per heavy atom. The standard InChI is InChI=1S/C40H34N4/c1-39(2)29-13-5-9-17-35(29)43(36-18-10-6-14-30(36)39)27-21-23-33(41-25-27)34-24-22-28(26-42-34)44-37-19-11-7-15-31(37)40(3,4)32-16-8-12-20-38(32)44/h5-26H,1-4H3. The van der Waals surface area contributed by atoms with Crippen LogP contribution in [-0.4, -0.2) is 9.97 Å². The summed E-state index contributed by atoms with van der Waals surface area (Å²) >= 11 is 0. The normalized spacial score (nSPS) is 15.5. The molecule has 2 aliphatic heterocycles. The zero-order chi connectivity index (χ0) is 30.1. The number of hydrogen-bond acceptors (Lipinski definition) is 4. The molecular formula is C40H34N4. The third-order valence-electron chi connectivity index (χ3n) is 9.55. The first-order valence-electron chi connectivity index (χ1n) is 15.3. The van der Waals surface area contributed by atoms with Gasteiger partial charge in [-0.2, -0.15) is 0 Å². The lowest BCUT2D eigenvalue weighted by Crippen LogP contribution is -2.30. The first-order chi connectivity index (χ1) is 21.4. The second kappa shape index (κ2) is 9.65. The molecule has 4 nitrogen and oxygen atoms in total. The molecule has 4 heterocycles. The zero-order valence-electron chi connectivity index (χ0n) is 25.5. The zero-order valence-corrected chi connectivity index (χ0v) is 25.5. The fraction of sp³-hybridized carbons (Fsp3) is 0.150. The van der Waals surface area contributed by atoms with Crippen LogP contribution in [0.3, 0.4) is 0 Å². The van der Waals surface area contributed by atoms with E-state index < -0.39 is 0 Å². The van der Waals surface area contributed by atoms with Gasteiger partial charge in [-0.1, -0.05) is 100 Å². The number of pyridine rings is 2. The van der Waals surface area contributed by atoms with Gasteiger partial charge in [-0.05, 0) is 70.8 Å². The molecule has 0 saturated heterocycles. The fourth-order valence-corrected chi connectivity index (χ4v) is 7.23. The van der Waals surface area contributed by atoms with Gasteiger partial charge in [0.2, 0.25) is 0 Å². The summed E-state index contributed by atoms with van der Waals surface area (Å²) in [6.45, 7) is 9.22. The number of benzene rings is 4. The minimum atomic E-state index is -0.0894. The van der Waals surface area contributed by atoms with Gasteiger partial charge >= 0.3 is 0 Å². The number of para-hydroxylation sites is 4. The van der Waals surface area contributed by atoms with Crippen molar-refractivity contribution >= 4 is 34.1 Å². The summed E-state index contributed by atoms with van der Waals surface area (Å²) in [7, 11) is 0. The summed E-state index contributed by atoms with van der Waals surface area (Å²) < 4.78 is 0. The average Bonchev–Trinajstić information content (AvgIpc) is 3.06. The third kappa shape index (κ3) is 3.84. The summed E-state index contributed by atoms with van der Waals surface area (Å²) in [6.07, 6.45) is 3.94. The van der Waals surface area contributed by atoms with Gasteiger partial charge in [0.1, 0.15) is 0 Å². The van der Waals surface area contributed by atoms with Crippen LogP contribution < -0.4 is 9.80 Å². The molecule has 0 amide bonds. The van der Waals surface area contributed by atoms with E-state index >= 15 is 0 Å². The van der Waals surface area contributed by atoms with Crippen LogP contribution in [0.2, 0.25) is 0 Å². The van der Waals surface area contributed by atoms with Crippen LogP contribution in [0.15, 0.2) is 134 Å². The number of aromatic nitrogens is 2. The van der Waals surface area contributed by atoms with Crippen molar-refractivity contribution in [3.05, 3.63) is 156 Å². The van der Waals surface area contributed by atoms with Crippen molar-refractivity contribution in [2.75, 3.05) is 9.80 Å². The van der Waals surface area contributed by atoms with Crippen molar-refractivity contribution < 1.29 is 0 Å². The van der Waals surface area contributed by atoms with E-state index in [9.17, 15) is 0 Å². The molecule has 0 aliphatic carbocycles. The summed E-state index contributed by atoms with van der Waals surface area (Å²) in [5, 5.41) is 0. The summed E-state index contributed by atoms with van der Waals surface area (Å²) in [6, 6.07) is 43.2. The molecule has 2 aliphatic rings. The molecule has 214 valence electrons. The van der Waals surface area contributed by atoms with Gasteiger partial charge in [-0.15, -0.1) is 0 Å². The molecule has 6 aromatic rings. The van der Waals surface area contributed by atoms with Gasteiger partial charge < -0.3 is 9.80 Å². The Bertz CT molecular complexity index is 1780. The van der Waals surface area contributed by atoms with E-state index in [4.69, 9.17) is 9.97 Å². The third-order valence-corrected chi connectivity index (χ3v) is 9.55. The molecule has 8 rings (SSSR count). The van der Waals surface area contributed by atoms with Gasteiger partial charge in [-0.25, -0.2) is 0 Å². The van der Waals surface area contributed by atoms with E-state index in [2.05, 4.69) is 159 Å². The second-order valence-corrected chi connectivity index (χ2v) is 12.8. The summed E-state index contributed by atoms with van der Waals surface area (Å²) in [4.78, 5) is 14.5. The topological polar surface area (TPSA) is 32.3 Å². The molecule has 0 bridgehead atoms. The Kier molecular flexibility index (Phi) is 5.79. The first kappa shape index (κ1) is 26.4. The SMILES string of the molecule is CC1(C)c2ccccc2N(c2ccc(-c3ccc(N4c5ccccc5C(C)(C)c5ccccc54)cn3)nc2)c2ccccc21. The van der Waals surface area contributed by atoms with E-state index in [1.807, 2.05) is 12.4 Å². The van der Waals surface area contributed by atoms with E-state index in [-0.39, 0.29) is 10.8 Å². The second-order valence-electron chi connectivity index (χ2n) is 12.8. The largest absolute Gasteiger partial charge is 0.308 e. The van der Waals surface area contributed by atoms with Gasteiger partial charge in [-0.3, -0.25) is 9.97 Å². The maximum atomic E-state index is 4.92.